The molecule has 1 atom stereocenters. The zero-order valence-electron chi connectivity index (χ0n) is 8.81. The summed E-state index contributed by atoms with van der Waals surface area (Å²) in [7, 11) is 0. The number of nitrogens with one attached hydrogen (secondary N) is 1. The highest BCUT2D eigenvalue weighted by molar-refractivity contribution is 5.37. The molecule has 0 fully saturated rings. The van der Waals surface area contributed by atoms with E-state index in [-0.39, 0.29) is 6.61 Å². The van der Waals surface area contributed by atoms with Crippen LogP contribution in [-0.4, -0.2) is 23.2 Å². The first kappa shape index (κ1) is 12.5. The molecule has 5 nitrogen and oxygen atoms in total. The van der Waals surface area contributed by atoms with Crippen LogP contribution in [0.25, 0.3) is 0 Å². The minimum absolute atomic E-state index is 0.198. The van der Waals surface area contributed by atoms with Crippen LogP contribution in [0.2, 0.25) is 0 Å². The number of hydrogen-bond donors (Lipinski definition) is 2. The van der Waals surface area contributed by atoms with Crippen molar-refractivity contribution in [2.45, 2.75) is 13.0 Å². The number of aliphatic hydroxyl groups is 1. The topological polar surface area (TPSA) is 75.4 Å². The fourth-order valence-corrected chi connectivity index (χ4v) is 1.42. The lowest BCUT2D eigenvalue weighted by atomic mass is 10.1. The standard InChI is InChI=1S/C10H13FN2O3/c1-2-12-9(6-14)7-3-4-8(11)10(5-7)13(15)16/h3-5,9,12,14H,2,6H2,1H3. The Morgan fingerprint density at radius 3 is 2.81 bits per heavy atom. The Morgan fingerprint density at radius 2 is 2.31 bits per heavy atom. The number of rotatable bonds is 5. The molecule has 0 aliphatic heterocycles. The normalized spacial score (nSPS) is 12.4. The first-order chi connectivity index (χ1) is 7.60. The number of nitro benzene ring substituents is 1. The zero-order valence-corrected chi connectivity index (χ0v) is 8.81. The molecule has 6 heteroatoms. The van der Waals surface area contributed by atoms with E-state index in [1.165, 1.54) is 6.07 Å². The second-order valence-electron chi connectivity index (χ2n) is 3.26. The molecule has 1 aromatic rings. The Balaban J connectivity index is 3.05. The maximum Gasteiger partial charge on any atom is 0.305 e. The Kier molecular flexibility index (Phi) is 4.33. The quantitative estimate of drug-likeness (QED) is 0.589. The highest BCUT2D eigenvalue weighted by Gasteiger charge is 2.17. The van der Waals surface area contributed by atoms with Crippen LogP contribution in [-0.2, 0) is 0 Å². The molecule has 1 rings (SSSR count). The molecule has 0 radical (unpaired) electrons. The van der Waals surface area contributed by atoms with Gasteiger partial charge in [-0.2, -0.15) is 4.39 Å². The molecule has 2 N–H and O–H groups in total. The SMILES string of the molecule is CCNC(CO)c1ccc(F)c([N+](=O)[O-])c1. The zero-order chi connectivity index (χ0) is 12.1. The predicted molar refractivity (Wildman–Crippen MR) is 56.6 cm³/mol. The first-order valence-corrected chi connectivity index (χ1v) is 4.88. The van der Waals surface area contributed by atoms with E-state index >= 15 is 0 Å². The Bertz CT molecular complexity index is 384. The van der Waals surface area contributed by atoms with Crippen LogP contribution in [0, 0.1) is 15.9 Å². The van der Waals surface area contributed by atoms with E-state index < -0.39 is 22.5 Å². The number of aliphatic hydroxyl groups excluding tert-OH is 1. The molecule has 0 aliphatic rings. The average Bonchev–Trinajstić information content (AvgIpc) is 2.26. The Morgan fingerprint density at radius 1 is 1.62 bits per heavy atom. The van der Waals surface area contributed by atoms with Crippen molar-refractivity contribution in [1.29, 1.82) is 0 Å². The molecule has 0 heterocycles. The summed E-state index contributed by atoms with van der Waals surface area (Å²) in [5.41, 5.74) is -0.0775. The molecule has 88 valence electrons. The molecule has 0 spiro atoms. The predicted octanol–water partition coefficient (Wildman–Crippen LogP) is 1.38. The lowest BCUT2D eigenvalue weighted by molar-refractivity contribution is -0.387. The van der Waals surface area contributed by atoms with E-state index in [1.54, 1.807) is 0 Å². The molecule has 0 aromatic heterocycles. The Hall–Kier alpha value is -1.53. The van der Waals surface area contributed by atoms with Gasteiger partial charge in [0.05, 0.1) is 17.6 Å². The summed E-state index contributed by atoms with van der Waals surface area (Å²) in [6.07, 6.45) is 0. The third-order valence-corrected chi connectivity index (χ3v) is 2.20. The summed E-state index contributed by atoms with van der Waals surface area (Å²) in [4.78, 5) is 9.75. The van der Waals surface area contributed by atoms with Gasteiger partial charge in [-0.3, -0.25) is 10.1 Å². The van der Waals surface area contributed by atoms with Crippen molar-refractivity contribution < 1.29 is 14.4 Å². The van der Waals surface area contributed by atoms with Gasteiger partial charge in [-0.25, -0.2) is 0 Å². The van der Waals surface area contributed by atoms with Crippen LogP contribution >= 0.6 is 0 Å². The number of hydrogen-bond acceptors (Lipinski definition) is 4. The number of halogens is 1. The highest BCUT2D eigenvalue weighted by atomic mass is 19.1. The molecule has 1 unspecified atom stereocenters. The summed E-state index contributed by atoms with van der Waals surface area (Å²) in [6.45, 7) is 2.26. The van der Waals surface area contributed by atoms with Gasteiger partial charge in [-0.1, -0.05) is 13.0 Å². The monoisotopic (exact) mass is 228 g/mol. The second-order valence-corrected chi connectivity index (χ2v) is 3.26. The lowest BCUT2D eigenvalue weighted by Gasteiger charge is -2.15. The molecule has 0 amide bonds. The Labute approximate surface area is 92.1 Å². The van der Waals surface area contributed by atoms with E-state index in [0.29, 0.717) is 12.1 Å². The van der Waals surface area contributed by atoms with E-state index in [4.69, 9.17) is 5.11 Å². The minimum Gasteiger partial charge on any atom is -0.394 e. The van der Waals surface area contributed by atoms with Crippen LogP contribution in [0.1, 0.15) is 18.5 Å². The molecule has 0 bridgehead atoms. The van der Waals surface area contributed by atoms with Gasteiger partial charge in [0.2, 0.25) is 5.82 Å². The van der Waals surface area contributed by atoms with Gasteiger partial charge in [0.1, 0.15) is 0 Å². The van der Waals surface area contributed by atoms with Gasteiger partial charge in [0.15, 0.2) is 0 Å². The number of likely N-dealkylation sites (N-methyl/N-ethyl adjacent to an activating group) is 1. The van der Waals surface area contributed by atoms with E-state index in [2.05, 4.69) is 5.32 Å². The first-order valence-electron chi connectivity index (χ1n) is 4.88. The van der Waals surface area contributed by atoms with Crippen molar-refractivity contribution in [3.05, 3.63) is 39.7 Å². The van der Waals surface area contributed by atoms with Crippen molar-refractivity contribution in [3.8, 4) is 0 Å². The largest absolute Gasteiger partial charge is 0.394 e. The minimum atomic E-state index is -0.873. The smallest absolute Gasteiger partial charge is 0.305 e. The molecule has 0 saturated heterocycles. The van der Waals surface area contributed by atoms with Gasteiger partial charge >= 0.3 is 5.69 Å². The maximum atomic E-state index is 13.0. The fourth-order valence-electron chi connectivity index (χ4n) is 1.42. The summed E-state index contributed by atoms with van der Waals surface area (Å²) >= 11 is 0. The lowest BCUT2D eigenvalue weighted by Crippen LogP contribution is -2.24. The van der Waals surface area contributed by atoms with Gasteiger partial charge in [0, 0.05) is 6.07 Å². The number of nitro groups is 1. The van der Waals surface area contributed by atoms with E-state index in [1.807, 2.05) is 6.92 Å². The van der Waals surface area contributed by atoms with Crippen LogP contribution in [0.5, 0.6) is 0 Å². The fraction of sp³-hybridized carbons (Fsp3) is 0.400. The van der Waals surface area contributed by atoms with Gasteiger partial charge in [0.25, 0.3) is 0 Å². The third-order valence-electron chi connectivity index (χ3n) is 2.20. The maximum absolute atomic E-state index is 13.0. The van der Waals surface area contributed by atoms with Crippen LogP contribution in [0.4, 0.5) is 10.1 Å². The number of nitrogens with zero attached hydrogens (tertiary/aromatic N) is 1. The molecule has 1 aromatic carbocycles. The molecule has 0 saturated carbocycles. The third kappa shape index (κ3) is 2.74. The van der Waals surface area contributed by atoms with E-state index in [0.717, 1.165) is 12.1 Å². The molecule has 0 aliphatic carbocycles. The summed E-state index contributed by atoms with van der Waals surface area (Å²) in [6, 6.07) is 3.18. The van der Waals surface area contributed by atoms with Crippen molar-refractivity contribution in [2.24, 2.45) is 0 Å². The molecular formula is C10H13FN2O3. The van der Waals surface area contributed by atoms with Gasteiger partial charge < -0.3 is 10.4 Å². The van der Waals surface area contributed by atoms with Crippen molar-refractivity contribution in [1.82, 2.24) is 5.32 Å². The van der Waals surface area contributed by atoms with Crippen molar-refractivity contribution >= 4 is 5.69 Å². The number of benzene rings is 1. The summed E-state index contributed by atoms with van der Waals surface area (Å²) in [5, 5.41) is 22.5. The van der Waals surface area contributed by atoms with Crippen LogP contribution < -0.4 is 5.32 Å². The van der Waals surface area contributed by atoms with Gasteiger partial charge in [-0.15, -0.1) is 0 Å². The molecule has 16 heavy (non-hydrogen) atoms. The van der Waals surface area contributed by atoms with Crippen molar-refractivity contribution in [3.63, 3.8) is 0 Å². The highest BCUT2D eigenvalue weighted by Crippen LogP contribution is 2.22. The second kappa shape index (κ2) is 5.53. The average molecular weight is 228 g/mol. The van der Waals surface area contributed by atoms with Crippen LogP contribution in [0.15, 0.2) is 18.2 Å². The summed E-state index contributed by atoms with van der Waals surface area (Å²) in [5.74, 6) is -0.873. The van der Waals surface area contributed by atoms with E-state index in [9.17, 15) is 14.5 Å². The van der Waals surface area contributed by atoms with Gasteiger partial charge in [-0.05, 0) is 18.2 Å². The van der Waals surface area contributed by atoms with Crippen molar-refractivity contribution in [2.75, 3.05) is 13.2 Å². The summed E-state index contributed by atoms with van der Waals surface area (Å²) < 4.78 is 13.0. The molecular weight excluding hydrogens is 215 g/mol. The van der Waals surface area contributed by atoms with Crippen LogP contribution in [0.3, 0.4) is 0 Å².